The predicted octanol–water partition coefficient (Wildman–Crippen LogP) is 1.79. The van der Waals surface area contributed by atoms with E-state index < -0.39 is 0 Å². The summed E-state index contributed by atoms with van der Waals surface area (Å²) in [6, 6.07) is 1.48. The van der Waals surface area contributed by atoms with E-state index in [1.165, 1.54) is 58.4 Å². The molecule has 0 radical (unpaired) electrons. The molecule has 1 atom stereocenters. The van der Waals surface area contributed by atoms with Crippen LogP contribution in [-0.2, 0) is 0 Å². The van der Waals surface area contributed by atoms with E-state index in [1.54, 1.807) is 0 Å². The molecule has 1 unspecified atom stereocenters. The topological polar surface area (TPSA) is 18.5 Å². The van der Waals surface area contributed by atoms with Crippen LogP contribution in [0.2, 0.25) is 0 Å². The molecule has 0 saturated carbocycles. The van der Waals surface area contributed by atoms with Gasteiger partial charge in [-0.2, -0.15) is 0 Å². The molecule has 0 aromatic rings. The Kier molecular flexibility index (Phi) is 5.46. The zero-order chi connectivity index (χ0) is 13.0. The van der Waals surface area contributed by atoms with Crippen LogP contribution in [0.15, 0.2) is 0 Å². The Morgan fingerprint density at radius 2 is 1.94 bits per heavy atom. The fourth-order valence-corrected chi connectivity index (χ4v) is 3.55. The summed E-state index contributed by atoms with van der Waals surface area (Å²) in [6.07, 6.45) is 5.50. The summed E-state index contributed by atoms with van der Waals surface area (Å²) in [7, 11) is 2.27. The lowest BCUT2D eigenvalue weighted by atomic mass is 9.94. The highest BCUT2D eigenvalue weighted by atomic mass is 15.2. The number of rotatable bonds is 4. The van der Waals surface area contributed by atoms with Gasteiger partial charge >= 0.3 is 0 Å². The summed E-state index contributed by atoms with van der Waals surface area (Å²) in [5, 5.41) is 3.48. The van der Waals surface area contributed by atoms with Crippen LogP contribution in [0.3, 0.4) is 0 Å². The van der Waals surface area contributed by atoms with Crippen molar-refractivity contribution in [3.05, 3.63) is 0 Å². The molecule has 2 rings (SSSR count). The zero-order valence-electron chi connectivity index (χ0n) is 12.5. The third kappa shape index (κ3) is 3.94. The number of likely N-dealkylation sites (tertiary alicyclic amines) is 1. The molecule has 2 aliphatic rings. The van der Waals surface area contributed by atoms with Gasteiger partial charge in [0.1, 0.15) is 0 Å². The number of nitrogens with one attached hydrogen (secondary N) is 1. The van der Waals surface area contributed by atoms with Crippen molar-refractivity contribution in [1.29, 1.82) is 0 Å². The van der Waals surface area contributed by atoms with Crippen molar-refractivity contribution in [2.45, 2.75) is 51.6 Å². The Bertz CT molecular complexity index is 236. The molecule has 0 spiro atoms. The summed E-state index contributed by atoms with van der Waals surface area (Å²) < 4.78 is 0. The maximum absolute atomic E-state index is 3.48. The minimum Gasteiger partial charge on any atom is -0.317 e. The molecular formula is C15H31N3. The molecule has 0 aliphatic carbocycles. The molecule has 0 bridgehead atoms. The lowest BCUT2D eigenvalue weighted by Gasteiger charge is -2.42. The highest BCUT2D eigenvalue weighted by Gasteiger charge is 2.27. The molecule has 2 fully saturated rings. The van der Waals surface area contributed by atoms with Gasteiger partial charge in [0, 0.05) is 25.2 Å². The fourth-order valence-electron chi connectivity index (χ4n) is 3.55. The van der Waals surface area contributed by atoms with Crippen molar-refractivity contribution in [2.24, 2.45) is 5.92 Å². The summed E-state index contributed by atoms with van der Waals surface area (Å²) >= 11 is 0. The van der Waals surface area contributed by atoms with E-state index >= 15 is 0 Å². The fraction of sp³-hybridized carbons (Fsp3) is 1.00. The van der Waals surface area contributed by atoms with Crippen LogP contribution in [0.1, 0.15) is 39.5 Å². The van der Waals surface area contributed by atoms with E-state index in [4.69, 9.17) is 0 Å². The quantitative estimate of drug-likeness (QED) is 0.824. The van der Waals surface area contributed by atoms with Crippen molar-refractivity contribution < 1.29 is 0 Å². The first kappa shape index (κ1) is 14.3. The van der Waals surface area contributed by atoms with Gasteiger partial charge in [-0.05, 0) is 72.1 Å². The van der Waals surface area contributed by atoms with Gasteiger partial charge in [0.05, 0.1) is 0 Å². The van der Waals surface area contributed by atoms with E-state index in [2.05, 4.69) is 36.0 Å². The summed E-state index contributed by atoms with van der Waals surface area (Å²) in [5.74, 6) is 0.917. The number of nitrogens with zero attached hydrogens (tertiary/aromatic N) is 2. The average molecular weight is 253 g/mol. The highest BCUT2D eigenvalue weighted by molar-refractivity contribution is 4.84. The second kappa shape index (κ2) is 6.88. The average Bonchev–Trinajstić information content (AvgIpc) is 2.37. The summed E-state index contributed by atoms with van der Waals surface area (Å²) in [4.78, 5) is 5.29. The first-order chi connectivity index (χ1) is 8.66. The zero-order valence-corrected chi connectivity index (χ0v) is 12.5. The van der Waals surface area contributed by atoms with Crippen molar-refractivity contribution >= 4 is 0 Å². The maximum Gasteiger partial charge on any atom is 0.0226 e. The van der Waals surface area contributed by atoms with Crippen LogP contribution in [0.25, 0.3) is 0 Å². The maximum atomic E-state index is 3.48. The standard InChI is InChI=1S/C15H31N3/c1-13(2)18(11-14-6-8-16-9-7-14)15-5-4-10-17(3)12-15/h13-16H,4-12H2,1-3H3. The third-order valence-electron chi connectivity index (χ3n) is 4.66. The summed E-state index contributed by atoms with van der Waals surface area (Å²) in [5.41, 5.74) is 0. The monoisotopic (exact) mass is 253 g/mol. The van der Waals surface area contributed by atoms with Gasteiger partial charge in [0.25, 0.3) is 0 Å². The number of hydrogen-bond acceptors (Lipinski definition) is 3. The molecule has 0 amide bonds. The van der Waals surface area contributed by atoms with Crippen molar-refractivity contribution in [3.63, 3.8) is 0 Å². The van der Waals surface area contributed by atoms with Gasteiger partial charge in [-0.15, -0.1) is 0 Å². The number of piperidine rings is 2. The van der Waals surface area contributed by atoms with Gasteiger partial charge in [-0.25, -0.2) is 0 Å². The van der Waals surface area contributed by atoms with E-state index in [0.29, 0.717) is 6.04 Å². The Morgan fingerprint density at radius 1 is 1.22 bits per heavy atom. The molecule has 3 heteroatoms. The van der Waals surface area contributed by atoms with Crippen LogP contribution in [0.5, 0.6) is 0 Å². The molecule has 0 aromatic carbocycles. The molecule has 0 aromatic heterocycles. The molecule has 2 saturated heterocycles. The normalized spacial score (nSPS) is 28.2. The van der Waals surface area contributed by atoms with Crippen LogP contribution in [0, 0.1) is 5.92 Å². The molecule has 1 N–H and O–H groups in total. The Morgan fingerprint density at radius 3 is 2.56 bits per heavy atom. The minimum absolute atomic E-state index is 0.691. The molecule has 106 valence electrons. The predicted molar refractivity (Wildman–Crippen MR) is 78.0 cm³/mol. The van der Waals surface area contributed by atoms with Gasteiger partial charge in [-0.3, -0.25) is 4.90 Å². The van der Waals surface area contributed by atoms with E-state index in [-0.39, 0.29) is 0 Å². The van der Waals surface area contributed by atoms with Gasteiger partial charge in [0.2, 0.25) is 0 Å². The molecule has 18 heavy (non-hydrogen) atoms. The largest absolute Gasteiger partial charge is 0.317 e. The smallest absolute Gasteiger partial charge is 0.0226 e. The lowest BCUT2D eigenvalue weighted by Crippen LogP contribution is -2.51. The van der Waals surface area contributed by atoms with Crippen LogP contribution >= 0.6 is 0 Å². The summed E-state index contributed by atoms with van der Waals surface area (Å²) in [6.45, 7) is 11.1. The van der Waals surface area contributed by atoms with Crippen molar-refractivity contribution in [3.8, 4) is 0 Å². The van der Waals surface area contributed by atoms with Gasteiger partial charge in [0.15, 0.2) is 0 Å². The SMILES string of the molecule is CC(C)N(CC1CCNCC1)C1CCCN(C)C1. The van der Waals surface area contributed by atoms with E-state index in [0.717, 1.165) is 12.0 Å². The van der Waals surface area contributed by atoms with Gasteiger partial charge < -0.3 is 10.2 Å². The van der Waals surface area contributed by atoms with Crippen molar-refractivity contribution in [2.75, 3.05) is 39.8 Å². The second-order valence-electron chi connectivity index (χ2n) is 6.54. The van der Waals surface area contributed by atoms with Crippen LogP contribution in [-0.4, -0.2) is 61.7 Å². The minimum atomic E-state index is 0.691. The van der Waals surface area contributed by atoms with Crippen LogP contribution in [0.4, 0.5) is 0 Å². The van der Waals surface area contributed by atoms with Crippen LogP contribution < -0.4 is 5.32 Å². The van der Waals surface area contributed by atoms with Gasteiger partial charge in [-0.1, -0.05) is 0 Å². The van der Waals surface area contributed by atoms with Crippen molar-refractivity contribution in [1.82, 2.24) is 15.1 Å². The molecular weight excluding hydrogens is 222 g/mol. The Balaban J connectivity index is 1.89. The third-order valence-corrected chi connectivity index (χ3v) is 4.66. The molecule has 2 aliphatic heterocycles. The number of likely N-dealkylation sites (N-methyl/N-ethyl adjacent to an activating group) is 1. The second-order valence-corrected chi connectivity index (χ2v) is 6.54. The Hall–Kier alpha value is -0.120. The number of hydrogen-bond donors (Lipinski definition) is 1. The lowest BCUT2D eigenvalue weighted by molar-refractivity contribution is 0.0661. The van der Waals surface area contributed by atoms with E-state index in [9.17, 15) is 0 Å². The van der Waals surface area contributed by atoms with E-state index in [1.807, 2.05) is 0 Å². The highest BCUT2D eigenvalue weighted by Crippen LogP contribution is 2.21. The Labute approximate surface area is 113 Å². The first-order valence-electron chi connectivity index (χ1n) is 7.82. The molecule has 2 heterocycles. The molecule has 3 nitrogen and oxygen atoms in total. The first-order valence-corrected chi connectivity index (χ1v) is 7.82.